The molecule has 0 spiro atoms. The fraction of sp³-hybridized carbons (Fsp3) is 1.00. The van der Waals surface area contributed by atoms with Gasteiger partial charge < -0.3 is 10.5 Å². The first-order chi connectivity index (χ1) is 6.68. The van der Waals surface area contributed by atoms with Gasteiger partial charge in [0.15, 0.2) is 0 Å². The summed E-state index contributed by atoms with van der Waals surface area (Å²) in [7, 11) is 0. The maximum Gasteiger partial charge on any atom is 0.0674 e. The van der Waals surface area contributed by atoms with Crippen molar-refractivity contribution >= 4 is 0 Å². The van der Waals surface area contributed by atoms with Gasteiger partial charge in [-0.05, 0) is 26.7 Å². The molecule has 1 heterocycles. The van der Waals surface area contributed by atoms with Gasteiger partial charge in [0.2, 0.25) is 0 Å². The summed E-state index contributed by atoms with van der Waals surface area (Å²) >= 11 is 0. The lowest BCUT2D eigenvalue weighted by molar-refractivity contribution is -0.0669. The molecule has 2 rings (SSSR count). The predicted molar refractivity (Wildman–Crippen MR) is 57.2 cm³/mol. The van der Waals surface area contributed by atoms with E-state index < -0.39 is 0 Å². The highest BCUT2D eigenvalue weighted by molar-refractivity contribution is 4.92. The smallest absolute Gasteiger partial charge is 0.0674 e. The molecular formula is C11H22N2O. The van der Waals surface area contributed by atoms with Gasteiger partial charge in [-0.1, -0.05) is 6.42 Å². The van der Waals surface area contributed by atoms with Crippen LogP contribution in [0.3, 0.4) is 0 Å². The van der Waals surface area contributed by atoms with Crippen molar-refractivity contribution in [1.82, 2.24) is 4.90 Å². The van der Waals surface area contributed by atoms with Gasteiger partial charge in [-0.3, -0.25) is 4.90 Å². The Morgan fingerprint density at radius 2 is 2.07 bits per heavy atom. The van der Waals surface area contributed by atoms with Gasteiger partial charge in [0.1, 0.15) is 0 Å². The van der Waals surface area contributed by atoms with Crippen LogP contribution in [0.15, 0.2) is 0 Å². The zero-order chi connectivity index (χ0) is 10.1. The molecule has 1 saturated heterocycles. The first-order valence-corrected chi connectivity index (χ1v) is 5.81. The molecule has 0 aromatic carbocycles. The first-order valence-electron chi connectivity index (χ1n) is 5.81. The minimum atomic E-state index is 0.374. The van der Waals surface area contributed by atoms with E-state index in [1.165, 1.54) is 19.3 Å². The third-order valence-electron chi connectivity index (χ3n) is 3.61. The van der Waals surface area contributed by atoms with Gasteiger partial charge in [0.25, 0.3) is 0 Å². The van der Waals surface area contributed by atoms with Crippen LogP contribution in [0.2, 0.25) is 0 Å². The normalized spacial score (nSPS) is 45.6. The monoisotopic (exact) mass is 198 g/mol. The molecule has 2 aliphatic rings. The summed E-state index contributed by atoms with van der Waals surface area (Å²) in [6.07, 6.45) is 4.14. The average molecular weight is 198 g/mol. The Morgan fingerprint density at radius 1 is 1.29 bits per heavy atom. The van der Waals surface area contributed by atoms with Crippen LogP contribution in [-0.4, -0.2) is 42.3 Å². The van der Waals surface area contributed by atoms with Crippen molar-refractivity contribution in [3.8, 4) is 0 Å². The third-order valence-corrected chi connectivity index (χ3v) is 3.61. The number of hydrogen-bond acceptors (Lipinski definition) is 3. The van der Waals surface area contributed by atoms with E-state index in [1.54, 1.807) is 0 Å². The number of hydrogen-bond donors (Lipinski definition) is 1. The highest BCUT2D eigenvalue weighted by atomic mass is 16.5. The molecule has 2 N–H and O–H groups in total. The Labute approximate surface area is 86.6 Å². The third kappa shape index (κ3) is 1.95. The van der Waals surface area contributed by atoms with Gasteiger partial charge in [-0.15, -0.1) is 0 Å². The fourth-order valence-corrected chi connectivity index (χ4v) is 2.77. The van der Waals surface area contributed by atoms with Gasteiger partial charge in [0, 0.05) is 24.7 Å². The van der Waals surface area contributed by atoms with Crippen LogP contribution in [0.25, 0.3) is 0 Å². The van der Waals surface area contributed by atoms with E-state index in [-0.39, 0.29) is 0 Å². The number of morpholine rings is 1. The molecule has 14 heavy (non-hydrogen) atoms. The maximum atomic E-state index is 6.14. The van der Waals surface area contributed by atoms with E-state index >= 15 is 0 Å². The molecule has 82 valence electrons. The zero-order valence-electron chi connectivity index (χ0n) is 9.28. The molecule has 4 atom stereocenters. The first kappa shape index (κ1) is 10.4. The molecule has 0 aromatic rings. The molecule has 0 amide bonds. The fourth-order valence-electron chi connectivity index (χ4n) is 2.77. The van der Waals surface area contributed by atoms with Crippen LogP contribution in [0.1, 0.15) is 33.1 Å². The predicted octanol–water partition coefficient (Wildman–Crippen LogP) is 0.975. The molecular weight excluding hydrogens is 176 g/mol. The van der Waals surface area contributed by atoms with Crippen molar-refractivity contribution in [3.05, 3.63) is 0 Å². The summed E-state index contributed by atoms with van der Waals surface area (Å²) in [5.41, 5.74) is 6.14. The number of nitrogens with two attached hydrogens (primary N) is 1. The van der Waals surface area contributed by atoms with Gasteiger partial charge in [0.05, 0.1) is 12.7 Å². The maximum absolute atomic E-state index is 6.14. The Kier molecular flexibility index (Phi) is 3.10. The molecule has 3 nitrogen and oxygen atoms in total. The van der Waals surface area contributed by atoms with E-state index in [4.69, 9.17) is 10.5 Å². The Hall–Kier alpha value is -0.120. The standard InChI is InChI=1S/C11H22N2O/c1-8-7-14-9(2)6-13(8)11-5-3-4-10(11)12/h8-11H,3-7,12H2,1-2H3. The van der Waals surface area contributed by atoms with Crippen LogP contribution < -0.4 is 5.73 Å². The molecule has 0 aromatic heterocycles. The van der Waals surface area contributed by atoms with Crippen molar-refractivity contribution in [1.29, 1.82) is 0 Å². The topological polar surface area (TPSA) is 38.5 Å². The highest BCUT2D eigenvalue weighted by Crippen LogP contribution is 2.26. The minimum Gasteiger partial charge on any atom is -0.376 e. The van der Waals surface area contributed by atoms with Crippen molar-refractivity contribution in [2.24, 2.45) is 5.73 Å². The summed E-state index contributed by atoms with van der Waals surface area (Å²) in [6.45, 7) is 6.32. The molecule has 1 saturated carbocycles. The lowest BCUT2D eigenvalue weighted by atomic mass is 10.1. The van der Waals surface area contributed by atoms with E-state index in [0.717, 1.165) is 13.2 Å². The summed E-state index contributed by atoms with van der Waals surface area (Å²) in [5, 5.41) is 0. The minimum absolute atomic E-state index is 0.374. The molecule has 3 heteroatoms. The molecule has 2 fully saturated rings. The average Bonchev–Trinajstić information content (AvgIpc) is 2.56. The summed E-state index contributed by atoms with van der Waals surface area (Å²) in [5.74, 6) is 0. The van der Waals surface area contributed by atoms with Crippen LogP contribution in [-0.2, 0) is 4.74 Å². The summed E-state index contributed by atoms with van der Waals surface area (Å²) in [6, 6.07) is 1.54. The summed E-state index contributed by atoms with van der Waals surface area (Å²) < 4.78 is 5.63. The van der Waals surface area contributed by atoms with Crippen LogP contribution in [0.5, 0.6) is 0 Å². The molecule has 4 unspecified atom stereocenters. The molecule has 1 aliphatic carbocycles. The van der Waals surface area contributed by atoms with Crippen molar-refractivity contribution in [2.45, 2.75) is 57.3 Å². The van der Waals surface area contributed by atoms with Crippen molar-refractivity contribution in [2.75, 3.05) is 13.2 Å². The van der Waals surface area contributed by atoms with E-state index in [2.05, 4.69) is 18.7 Å². The second kappa shape index (κ2) is 4.17. The lowest BCUT2D eigenvalue weighted by Crippen LogP contribution is -2.55. The van der Waals surface area contributed by atoms with Crippen molar-refractivity contribution in [3.63, 3.8) is 0 Å². The second-order valence-corrected chi connectivity index (χ2v) is 4.85. The van der Waals surface area contributed by atoms with Crippen LogP contribution in [0.4, 0.5) is 0 Å². The molecule has 0 bridgehead atoms. The van der Waals surface area contributed by atoms with E-state index in [9.17, 15) is 0 Å². The quantitative estimate of drug-likeness (QED) is 0.682. The number of ether oxygens (including phenoxy) is 1. The Balaban J connectivity index is 2.00. The van der Waals surface area contributed by atoms with Gasteiger partial charge in [-0.2, -0.15) is 0 Å². The van der Waals surface area contributed by atoms with Crippen molar-refractivity contribution < 1.29 is 4.74 Å². The van der Waals surface area contributed by atoms with Gasteiger partial charge in [-0.25, -0.2) is 0 Å². The van der Waals surface area contributed by atoms with E-state index in [1.807, 2.05) is 0 Å². The van der Waals surface area contributed by atoms with Crippen LogP contribution in [0, 0.1) is 0 Å². The van der Waals surface area contributed by atoms with Crippen LogP contribution >= 0.6 is 0 Å². The zero-order valence-corrected chi connectivity index (χ0v) is 9.28. The highest BCUT2D eigenvalue weighted by Gasteiger charge is 2.35. The number of nitrogens with zero attached hydrogens (tertiary/aromatic N) is 1. The second-order valence-electron chi connectivity index (χ2n) is 4.85. The SMILES string of the molecule is CC1CN(C2CCCC2N)C(C)CO1. The van der Waals surface area contributed by atoms with E-state index in [0.29, 0.717) is 24.2 Å². The largest absolute Gasteiger partial charge is 0.376 e. The number of rotatable bonds is 1. The Bertz CT molecular complexity index is 198. The molecule has 0 radical (unpaired) electrons. The molecule has 1 aliphatic heterocycles. The lowest BCUT2D eigenvalue weighted by Gasteiger charge is -2.42. The Morgan fingerprint density at radius 3 is 2.71 bits per heavy atom. The summed E-state index contributed by atoms with van der Waals surface area (Å²) in [4.78, 5) is 2.56. The van der Waals surface area contributed by atoms with Gasteiger partial charge >= 0.3 is 0 Å².